The van der Waals surface area contributed by atoms with E-state index in [1.807, 2.05) is 17.2 Å². The van der Waals surface area contributed by atoms with Crippen LogP contribution in [0.2, 0.25) is 0 Å². The van der Waals surface area contributed by atoms with Gasteiger partial charge < -0.3 is 29.5 Å². The first-order valence-electron chi connectivity index (χ1n) is 8.55. The summed E-state index contributed by atoms with van der Waals surface area (Å²) in [5, 5.41) is 11.4. The Morgan fingerprint density at radius 3 is 2.84 bits per heavy atom. The monoisotopic (exact) mass is 346 g/mol. The maximum Gasteiger partial charge on any atom is 0.320 e. The quantitative estimate of drug-likeness (QED) is 0.748. The van der Waals surface area contributed by atoms with Gasteiger partial charge in [-0.2, -0.15) is 0 Å². The summed E-state index contributed by atoms with van der Waals surface area (Å²) in [7, 11) is 0. The van der Waals surface area contributed by atoms with Gasteiger partial charge in [0, 0.05) is 38.9 Å². The fraction of sp³-hybridized carbons (Fsp3) is 0.562. The second-order valence-electron chi connectivity index (χ2n) is 6.37. The molecule has 2 fully saturated rings. The number of aromatic amines is 1. The highest BCUT2D eigenvalue weighted by Gasteiger charge is 2.29. The first-order valence-corrected chi connectivity index (χ1v) is 8.55. The Labute approximate surface area is 145 Å². The number of carbonyl (C=O) groups excluding carboxylic acids is 1. The van der Waals surface area contributed by atoms with Crippen LogP contribution in [0.25, 0.3) is 11.0 Å². The number of amides is 2. The van der Waals surface area contributed by atoms with Gasteiger partial charge in [-0.05, 0) is 6.07 Å². The number of aliphatic hydroxyl groups excluding tert-OH is 1. The largest absolute Gasteiger partial charge is 0.389 e. The number of hydrogen-bond donors (Lipinski definition) is 2. The molecule has 4 heterocycles. The van der Waals surface area contributed by atoms with Crippen LogP contribution in [0.4, 0.5) is 10.6 Å². The van der Waals surface area contributed by atoms with Crippen molar-refractivity contribution in [3.63, 3.8) is 0 Å². The number of hydrogen-bond acceptors (Lipinski definition) is 6. The number of morpholine rings is 1. The first-order chi connectivity index (χ1) is 12.2. The molecule has 0 radical (unpaired) electrons. The number of fused-ring (bicyclic) bond motifs is 1. The molecule has 2 aliphatic rings. The molecule has 0 spiro atoms. The number of aliphatic hydroxyl groups is 1. The molecule has 25 heavy (non-hydrogen) atoms. The Morgan fingerprint density at radius 1 is 1.16 bits per heavy atom. The van der Waals surface area contributed by atoms with Crippen molar-refractivity contribution in [1.29, 1.82) is 0 Å². The number of anilines is 1. The number of urea groups is 1. The van der Waals surface area contributed by atoms with Crippen molar-refractivity contribution in [2.75, 3.05) is 57.4 Å². The van der Waals surface area contributed by atoms with E-state index >= 15 is 0 Å². The van der Waals surface area contributed by atoms with Crippen molar-refractivity contribution in [2.45, 2.75) is 6.10 Å². The Hall–Kier alpha value is -2.39. The van der Waals surface area contributed by atoms with Crippen molar-refractivity contribution in [1.82, 2.24) is 24.8 Å². The van der Waals surface area contributed by atoms with Crippen LogP contribution < -0.4 is 4.90 Å². The highest BCUT2D eigenvalue weighted by molar-refractivity contribution is 5.87. The predicted octanol–water partition coefficient (Wildman–Crippen LogP) is -0.107. The molecule has 9 heteroatoms. The average molecular weight is 346 g/mol. The molecule has 134 valence electrons. The fourth-order valence-corrected chi connectivity index (χ4v) is 3.42. The summed E-state index contributed by atoms with van der Waals surface area (Å²) in [5.41, 5.74) is 0.769. The van der Waals surface area contributed by atoms with Crippen molar-refractivity contribution < 1.29 is 14.6 Å². The molecule has 4 rings (SSSR count). The van der Waals surface area contributed by atoms with Crippen LogP contribution in [0.15, 0.2) is 18.6 Å². The number of H-pyrrole nitrogens is 1. The molecule has 2 N–H and O–H groups in total. The van der Waals surface area contributed by atoms with E-state index in [1.54, 1.807) is 9.80 Å². The zero-order valence-corrected chi connectivity index (χ0v) is 14.0. The zero-order valence-electron chi connectivity index (χ0n) is 14.0. The lowest BCUT2D eigenvalue weighted by molar-refractivity contribution is 0.0400. The number of β-amino-alcohol motifs (C(OH)–C–C–N with tert-alkyl or cyclic N) is 1. The molecule has 2 aromatic rings. The van der Waals surface area contributed by atoms with Crippen LogP contribution in [-0.2, 0) is 4.74 Å². The Balaban J connectivity index is 1.51. The number of ether oxygens (including phenoxy) is 1. The molecule has 2 aliphatic heterocycles. The Bertz CT molecular complexity index is 744. The number of carbonyl (C=O) groups is 1. The Morgan fingerprint density at radius 2 is 2.00 bits per heavy atom. The molecular weight excluding hydrogens is 324 g/mol. The van der Waals surface area contributed by atoms with E-state index in [0.717, 1.165) is 16.9 Å². The fourth-order valence-electron chi connectivity index (χ4n) is 3.42. The van der Waals surface area contributed by atoms with Crippen molar-refractivity contribution in [2.24, 2.45) is 0 Å². The highest BCUT2D eigenvalue weighted by Crippen LogP contribution is 2.23. The average Bonchev–Trinajstić information content (AvgIpc) is 3.04. The second kappa shape index (κ2) is 6.85. The molecule has 9 nitrogen and oxygen atoms in total. The lowest BCUT2D eigenvalue weighted by Gasteiger charge is -2.32. The van der Waals surface area contributed by atoms with Gasteiger partial charge in [0.05, 0.1) is 31.2 Å². The number of aromatic nitrogens is 3. The van der Waals surface area contributed by atoms with Crippen molar-refractivity contribution in [3.8, 4) is 0 Å². The van der Waals surface area contributed by atoms with Crippen LogP contribution in [0, 0.1) is 0 Å². The van der Waals surface area contributed by atoms with E-state index in [0.29, 0.717) is 52.5 Å². The van der Waals surface area contributed by atoms with Crippen molar-refractivity contribution in [3.05, 3.63) is 18.6 Å². The summed E-state index contributed by atoms with van der Waals surface area (Å²) in [5.74, 6) is 0.783. The minimum Gasteiger partial charge on any atom is -0.389 e. The molecule has 2 aromatic heterocycles. The third-order valence-corrected chi connectivity index (χ3v) is 4.69. The maximum absolute atomic E-state index is 12.7. The standard InChI is InChI=1S/C16H22N6O3/c23-12-9-21(15-13-1-2-17-14(13)18-11-19-15)3-4-22(10-12)16(24)20-5-7-25-8-6-20/h1-2,11-12,23H,3-10H2,(H,17,18,19)/t12-/m0/s1. The smallest absolute Gasteiger partial charge is 0.320 e. The minimum atomic E-state index is -0.628. The zero-order chi connectivity index (χ0) is 17.2. The van der Waals surface area contributed by atoms with Gasteiger partial charge in [-0.1, -0.05) is 0 Å². The van der Waals surface area contributed by atoms with E-state index < -0.39 is 6.10 Å². The third-order valence-electron chi connectivity index (χ3n) is 4.69. The van der Waals surface area contributed by atoms with Gasteiger partial charge in [0.2, 0.25) is 0 Å². The molecule has 0 unspecified atom stereocenters. The highest BCUT2D eigenvalue weighted by atomic mass is 16.5. The summed E-state index contributed by atoms with van der Waals surface area (Å²) < 4.78 is 5.30. The lowest BCUT2D eigenvalue weighted by atomic mass is 10.3. The number of rotatable bonds is 1. The van der Waals surface area contributed by atoms with E-state index in [4.69, 9.17) is 4.74 Å². The summed E-state index contributed by atoms with van der Waals surface area (Å²) >= 11 is 0. The normalized spacial score (nSPS) is 22.3. The topological polar surface area (TPSA) is 97.8 Å². The van der Waals surface area contributed by atoms with Crippen LogP contribution >= 0.6 is 0 Å². The van der Waals surface area contributed by atoms with Crippen LogP contribution in [0.5, 0.6) is 0 Å². The van der Waals surface area contributed by atoms with Gasteiger partial charge in [-0.15, -0.1) is 0 Å². The number of nitrogens with zero attached hydrogens (tertiary/aromatic N) is 5. The van der Waals surface area contributed by atoms with E-state index in [9.17, 15) is 9.90 Å². The summed E-state index contributed by atoms with van der Waals surface area (Å²) in [6.45, 7) is 4.27. The summed E-state index contributed by atoms with van der Waals surface area (Å²) in [6.07, 6.45) is 2.71. The van der Waals surface area contributed by atoms with Crippen LogP contribution in [0.3, 0.4) is 0 Å². The molecule has 0 bridgehead atoms. The van der Waals surface area contributed by atoms with Crippen molar-refractivity contribution >= 4 is 22.9 Å². The van der Waals surface area contributed by atoms with Gasteiger partial charge in [-0.25, -0.2) is 14.8 Å². The summed E-state index contributed by atoms with van der Waals surface area (Å²) in [6, 6.07) is 1.90. The van der Waals surface area contributed by atoms with Crippen LogP contribution in [-0.4, -0.2) is 94.5 Å². The maximum atomic E-state index is 12.7. The molecular formula is C16H22N6O3. The predicted molar refractivity (Wildman–Crippen MR) is 91.5 cm³/mol. The molecule has 2 saturated heterocycles. The second-order valence-corrected chi connectivity index (χ2v) is 6.37. The third kappa shape index (κ3) is 3.24. The number of nitrogens with one attached hydrogen (secondary N) is 1. The van der Waals surface area contributed by atoms with Gasteiger partial charge in [0.25, 0.3) is 0 Å². The molecule has 0 saturated carbocycles. The lowest BCUT2D eigenvalue weighted by Crippen LogP contribution is -2.50. The van der Waals surface area contributed by atoms with Crippen LogP contribution in [0.1, 0.15) is 0 Å². The van der Waals surface area contributed by atoms with Gasteiger partial charge in [0.1, 0.15) is 17.8 Å². The molecule has 0 aliphatic carbocycles. The SMILES string of the molecule is O=C(N1CCOCC1)N1CCN(c2ncnc3[nH]ccc23)C[C@H](O)C1. The first kappa shape index (κ1) is 16.1. The van der Waals surface area contributed by atoms with E-state index in [1.165, 1.54) is 6.33 Å². The van der Waals surface area contributed by atoms with Gasteiger partial charge >= 0.3 is 6.03 Å². The molecule has 2 amide bonds. The minimum absolute atomic E-state index is 0.0290. The molecule has 0 aromatic carbocycles. The summed E-state index contributed by atoms with van der Waals surface area (Å²) in [4.78, 5) is 29.9. The van der Waals surface area contributed by atoms with Gasteiger partial charge in [-0.3, -0.25) is 0 Å². The van der Waals surface area contributed by atoms with E-state index in [2.05, 4.69) is 15.0 Å². The van der Waals surface area contributed by atoms with Gasteiger partial charge in [0.15, 0.2) is 0 Å². The van der Waals surface area contributed by atoms with E-state index in [-0.39, 0.29) is 6.03 Å². The Kier molecular flexibility index (Phi) is 4.41. The molecule has 1 atom stereocenters.